The molecule has 3 rings (SSSR count). The maximum absolute atomic E-state index is 12.0. The largest absolute Gasteiger partial charge is 0.319 e. The number of thiophene rings is 1. The zero-order valence-corrected chi connectivity index (χ0v) is 13.9. The molecule has 24 heavy (non-hydrogen) atoms. The summed E-state index contributed by atoms with van der Waals surface area (Å²) in [6.45, 7) is 1.98. The number of amides is 1. The third kappa shape index (κ3) is 3.75. The van der Waals surface area contributed by atoms with E-state index in [2.05, 4.69) is 20.5 Å². The molecule has 0 unspecified atom stereocenters. The van der Waals surface area contributed by atoms with Gasteiger partial charge in [0.05, 0.1) is 17.2 Å². The minimum atomic E-state index is -0.265. The molecular formula is C17H16N4O2S. The van der Waals surface area contributed by atoms with Crippen molar-refractivity contribution in [1.29, 1.82) is 0 Å². The minimum Gasteiger partial charge on any atom is -0.319 e. The predicted molar refractivity (Wildman–Crippen MR) is 95.5 cm³/mol. The molecule has 0 atom stereocenters. The first-order valence-electron chi connectivity index (χ1n) is 7.47. The van der Waals surface area contributed by atoms with E-state index in [-0.39, 0.29) is 24.3 Å². The first-order valence-corrected chi connectivity index (χ1v) is 8.35. The summed E-state index contributed by atoms with van der Waals surface area (Å²) in [5.74, 6) is -0.255. The number of para-hydroxylation sites is 2. The van der Waals surface area contributed by atoms with Gasteiger partial charge in [-0.05, 0) is 36.1 Å². The van der Waals surface area contributed by atoms with Crippen molar-refractivity contribution in [3.05, 3.63) is 62.2 Å². The van der Waals surface area contributed by atoms with E-state index in [1.54, 1.807) is 23.6 Å². The fraction of sp³-hybridized carbons (Fsp3) is 0.176. The van der Waals surface area contributed by atoms with Crippen LogP contribution in [0.3, 0.4) is 0 Å². The second-order valence-electron chi connectivity index (χ2n) is 5.29. The van der Waals surface area contributed by atoms with Gasteiger partial charge in [-0.15, -0.1) is 11.3 Å². The van der Waals surface area contributed by atoms with Crippen molar-refractivity contribution in [3.63, 3.8) is 0 Å². The Morgan fingerprint density at radius 2 is 2.21 bits per heavy atom. The highest BCUT2D eigenvalue weighted by Crippen LogP contribution is 2.12. The van der Waals surface area contributed by atoms with E-state index in [0.29, 0.717) is 16.7 Å². The van der Waals surface area contributed by atoms with Crippen LogP contribution in [0.15, 0.2) is 45.6 Å². The van der Waals surface area contributed by atoms with E-state index in [1.165, 1.54) is 0 Å². The highest BCUT2D eigenvalue weighted by atomic mass is 32.1. The fourth-order valence-electron chi connectivity index (χ4n) is 2.20. The second-order valence-corrected chi connectivity index (χ2v) is 6.24. The van der Waals surface area contributed by atoms with Crippen molar-refractivity contribution < 1.29 is 4.79 Å². The van der Waals surface area contributed by atoms with Crippen LogP contribution in [0.5, 0.6) is 0 Å². The third-order valence-electron chi connectivity index (χ3n) is 3.53. The molecule has 0 saturated carbocycles. The van der Waals surface area contributed by atoms with E-state index in [0.717, 1.165) is 10.4 Å². The lowest BCUT2D eigenvalue weighted by Gasteiger charge is -2.02. The molecular weight excluding hydrogens is 324 g/mol. The minimum absolute atomic E-state index is 0.148. The Balaban J connectivity index is 1.60. The van der Waals surface area contributed by atoms with Gasteiger partial charge in [-0.25, -0.2) is 10.4 Å². The monoisotopic (exact) mass is 340 g/mol. The van der Waals surface area contributed by atoms with E-state index in [4.69, 9.17) is 0 Å². The van der Waals surface area contributed by atoms with Crippen LogP contribution in [0.4, 0.5) is 0 Å². The highest BCUT2D eigenvalue weighted by molar-refractivity contribution is 7.11. The Bertz CT molecular complexity index is 958. The van der Waals surface area contributed by atoms with E-state index in [9.17, 15) is 9.59 Å². The molecule has 0 aliphatic rings. The van der Waals surface area contributed by atoms with Gasteiger partial charge in [0.15, 0.2) is 0 Å². The second kappa shape index (κ2) is 7.18. The summed E-state index contributed by atoms with van der Waals surface area (Å²) >= 11 is 1.56. The Morgan fingerprint density at radius 3 is 3.00 bits per heavy atom. The Hall–Kier alpha value is -2.80. The molecule has 0 aliphatic carbocycles. The molecule has 6 nitrogen and oxygen atoms in total. The van der Waals surface area contributed by atoms with Crippen LogP contribution in [0.25, 0.3) is 11.0 Å². The number of rotatable bonds is 5. The van der Waals surface area contributed by atoms with Crippen molar-refractivity contribution in [2.75, 3.05) is 0 Å². The van der Waals surface area contributed by atoms with Crippen molar-refractivity contribution >= 4 is 34.5 Å². The van der Waals surface area contributed by atoms with Gasteiger partial charge in [0.1, 0.15) is 5.69 Å². The van der Waals surface area contributed by atoms with Gasteiger partial charge >= 0.3 is 0 Å². The van der Waals surface area contributed by atoms with Crippen LogP contribution in [0.2, 0.25) is 0 Å². The van der Waals surface area contributed by atoms with Crippen LogP contribution in [0, 0.1) is 6.92 Å². The maximum atomic E-state index is 12.0. The number of nitrogens with zero attached hydrogens (tertiary/aromatic N) is 2. The van der Waals surface area contributed by atoms with Gasteiger partial charge < -0.3 is 4.98 Å². The molecule has 0 aliphatic heterocycles. The molecule has 3 aromatic rings. The number of hydrogen-bond donors (Lipinski definition) is 2. The number of H-pyrrole nitrogens is 1. The van der Waals surface area contributed by atoms with Crippen molar-refractivity contribution in [2.24, 2.45) is 5.10 Å². The number of fused-ring (bicyclic) bond motifs is 1. The first-order chi connectivity index (χ1) is 11.6. The number of nitrogens with one attached hydrogen (secondary N) is 2. The molecule has 122 valence electrons. The average molecular weight is 340 g/mol. The summed E-state index contributed by atoms with van der Waals surface area (Å²) < 4.78 is 0. The molecule has 1 amide bonds. The van der Waals surface area contributed by atoms with Crippen LogP contribution < -0.4 is 11.0 Å². The number of carbonyl (C=O) groups is 1. The van der Waals surface area contributed by atoms with Crippen LogP contribution in [-0.4, -0.2) is 22.1 Å². The number of hydrogen-bond acceptors (Lipinski definition) is 5. The number of benzene rings is 1. The van der Waals surface area contributed by atoms with Crippen LogP contribution in [0.1, 0.15) is 22.6 Å². The summed E-state index contributed by atoms with van der Waals surface area (Å²) in [6, 6.07) is 9.29. The maximum Gasteiger partial charge on any atom is 0.270 e. The van der Waals surface area contributed by atoms with E-state index >= 15 is 0 Å². The molecule has 1 aromatic carbocycles. The van der Waals surface area contributed by atoms with Gasteiger partial charge in [-0.3, -0.25) is 9.59 Å². The lowest BCUT2D eigenvalue weighted by Crippen LogP contribution is -2.21. The number of hydrazone groups is 1. The molecule has 7 heteroatoms. The Kier molecular flexibility index (Phi) is 4.81. The topological polar surface area (TPSA) is 87.2 Å². The van der Waals surface area contributed by atoms with Gasteiger partial charge in [0, 0.05) is 17.7 Å². The lowest BCUT2D eigenvalue weighted by atomic mass is 10.2. The summed E-state index contributed by atoms with van der Waals surface area (Å²) in [7, 11) is 0. The zero-order chi connectivity index (χ0) is 16.9. The van der Waals surface area contributed by atoms with Gasteiger partial charge in [0.25, 0.3) is 5.56 Å². The predicted octanol–water partition coefficient (Wildman–Crippen LogP) is 2.38. The number of aromatic nitrogens is 2. The smallest absolute Gasteiger partial charge is 0.270 e. The highest BCUT2D eigenvalue weighted by Gasteiger charge is 2.07. The normalized spacial score (nSPS) is 11.2. The van der Waals surface area contributed by atoms with Crippen LogP contribution >= 0.6 is 11.3 Å². The van der Waals surface area contributed by atoms with Gasteiger partial charge in [0.2, 0.25) is 5.91 Å². The van der Waals surface area contributed by atoms with Crippen molar-refractivity contribution in [1.82, 2.24) is 15.4 Å². The van der Waals surface area contributed by atoms with E-state index < -0.39 is 0 Å². The molecule has 0 radical (unpaired) electrons. The molecule has 2 aromatic heterocycles. The van der Waals surface area contributed by atoms with Crippen molar-refractivity contribution in [3.8, 4) is 0 Å². The zero-order valence-electron chi connectivity index (χ0n) is 13.1. The lowest BCUT2D eigenvalue weighted by molar-refractivity contribution is -0.121. The number of carbonyl (C=O) groups excluding carboxylic acids is 1. The number of aromatic amines is 1. The number of aryl methyl sites for hydroxylation is 2. The van der Waals surface area contributed by atoms with Gasteiger partial charge in [-0.2, -0.15) is 5.10 Å². The molecule has 0 bridgehead atoms. The molecule has 0 fully saturated rings. The standard InChI is InChI=1S/C17H16N4O2S/c1-11-8-9-24-15(11)10-18-21-16(22)7-6-14-17(23)20-13-5-3-2-4-12(13)19-14/h2-5,8-10H,6-7H2,1H3,(H,20,23)(H,21,22)/b18-10-. The SMILES string of the molecule is Cc1ccsc1/C=N\NC(=O)CCc1nc2ccccc2[nH]c1=O. The Labute approximate surface area is 142 Å². The molecule has 2 heterocycles. The summed E-state index contributed by atoms with van der Waals surface area (Å²) in [6.07, 6.45) is 2.04. The third-order valence-corrected chi connectivity index (χ3v) is 4.48. The Morgan fingerprint density at radius 1 is 1.38 bits per heavy atom. The quantitative estimate of drug-likeness (QED) is 0.552. The summed E-state index contributed by atoms with van der Waals surface area (Å²) in [5, 5.41) is 5.91. The first kappa shape index (κ1) is 16.1. The summed E-state index contributed by atoms with van der Waals surface area (Å²) in [4.78, 5) is 31.9. The molecule has 2 N–H and O–H groups in total. The fourth-order valence-corrected chi connectivity index (χ4v) is 2.99. The molecule has 0 spiro atoms. The van der Waals surface area contributed by atoms with Crippen LogP contribution in [-0.2, 0) is 11.2 Å². The van der Waals surface area contributed by atoms with Gasteiger partial charge in [-0.1, -0.05) is 12.1 Å². The van der Waals surface area contributed by atoms with E-state index in [1.807, 2.05) is 36.6 Å². The molecule has 0 saturated heterocycles. The summed E-state index contributed by atoms with van der Waals surface area (Å²) in [5.41, 5.74) is 5.07. The average Bonchev–Trinajstić information content (AvgIpc) is 2.98. The van der Waals surface area contributed by atoms with Crippen molar-refractivity contribution in [2.45, 2.75) is 19.8 Å².